The fourth-order valence-corrected chi connectivity index (χ4v) is 9.72. The molecule has 2 fully saturated rings. The molecule has 2 aliphatic heterocycles. The van der Waals surface area contributed by atoms with Gasteiger partial charge in [-0.3, -0.25) is 10.0 Å². The predicted molar refractivity (Wildman–Crippen MR) is 236 cm³/mol. The molecule has 0 spiro atoms. The Kier molecular flexibility index (Phi) is 13.1. The van der Waals surface area contributed by atoms with E-state index in [1.54, 1.807) is 22.7 Å². The minimum Gasteiger partial charge on any atom is -0.494 e. The number of hydrogen-bond donors (Lipinski definition) is 4. The Balaban J connectivity index is 0.708. The smallest absolute Gasteiger partial charge is 0.179 e. The number of nitrogens with zero attached hydrogens (tertiary/aromatic N) is 2. The number of thiophene rings is 2. The third-order valence-electron chi connectivity index (χ3n) is 11.3. The number of aliphatic hydroxyl groups is 2. The van der Waals surface area contributed by atoms with Crippen LogP contribution in [0.15, 0.2) is 144 Å². The number of nitrogens with one attached hydrogen (secondary N) is 2. The summed E-state index contributed by atoms with van der Waals surface area (Å²) in [5.74, 6) is 1.66. The minimum atomic E-state index is -1.19. The highest BCUT2D eigenvalue weighted by atomic mass is 32.1. The van der Waals surface area contributed by atoms with Crippen LogP contribution >= 0.6 is 22.7 Å². The quantitative estimate of drug-likeness (QED) is 0.0601. The number of hydrazine groups is 2. The second-order valence-corrected chi connectivity index (χ2v) is 17.3. The highest BCUT2D eigenvalue weighted by molar-refractivity contribution is 7.10. The Morgan fingerprint density at radius 1 is 0.483 bits per heavy atom. The SMILES string of the molecule is OC1(c2ccc(OCCCCCCCCCCOc3ccc(C4(O)CC(c5cccs5)NN4c4ccccc4)cc3)cc2)CC(c2cccs2)NN1c1ccccc1. The molecule has 4 aromatic carbocycles. The van der Waals surface area contributed by atoms with Crippen LogP contribution in [0.5, 0.6) is 11.5 Å². The van der Waals surface area contributed by atoms with Crippen LogP contribution in [0.3, 0.4) is 0 Å². The summed E-state index contributed by atoms with van der Waals surface area (Å²) in [6, 6.07) is 44.3. The van der Waals surface area contributed by atoms with E-state index in [2.05, 4.69) is 45.9 Å². The summed E-state index contributed by atoms with van der Waals surface area (Å²) in [6.45, 7) is 1.38. The van der Waals surface area contributed by atoms with Gasteiger partial charge in [0.25, 0.3) is 0 Å². The fraction of sp³-hybridized carbons (Fsp3) is 0.333. The molecule has 302 valence electrons. The van der Waals surface area contributed by atoms with Crippen molar-refractivity contribution in [1.82, 2.24) is 10.9 Å². The molecule has 0 radical (unpaired) electrons. The van der Waals surface area contributed by atoms with Gasteiger partial charge in [0.1, 0.15) is 11.5 Å². The number of para-hydroxylation sites is 2. The van der Waals surface area contributed by atoms with Crippen LogP contribution in [-0.4, -0.2) is 23.4 Å². The van der Waals surface area contributed by atoms with Crippen molar-refractivity contribution in [2.45, 2.75) is 87.7 Å². The van der Waals surface area contributed by atoms with E-state index in [4.69, 9.17) is 9.47 Å². The van der Waals surface area contributed by atoms with E-state index in [0.29, 0.717) is 26.1 Å². The summed E-state index contributed by atoms with van der Waals surface area (Å²) in [7, 11) is 0. The van der Waals surface area contributed by atoms with Crippen molar-refractivity contribution in [2.24, 2.45) is 0 Å². The van der Waals surface area contributed by atoms with Gasteiger partial charge in [0.05, 0.1) is 36.7 Å². The van der Waals surface area contributed by atoms with E-state index < -0.39 is 11.4 Å². The summed E-state index contributed by atoms with van der Waals surface area (Å²) in [6.07, 6.45) is 10.3. The van der Waals surface area contributed by atoms with Crippen molar-refractivity contribution >= 4 is 34.0 Å². The van der Waals surface area contributed by atoms with Crippen LogP contribution in [0.25, 0.3) is 0 Å². The molecule has 4 unspecified atom stereocenters. The molecule has 2 aliphatic rings. The summed E-state index contributed by atoms with van der Waals surface area (Å²) in [4.78, 5) is 2.42. The molecule has 58 heavy (non-hydrogen) atoms. The number of ether oxygens (including phenoxy) is 2. The normalized spacial score (nSPS) is 21.8. The van der Waals surface area contributed by atoms with Crippen LogP contribution in [0.2, 0.25) is 0 Å². The molecule has 8 nitrogen and oxygen atoms in total. The van der Waals surface area contributed by atoms with Crippen LogP contribution in [0.1, 0.15) is 97.2 Å². The number of rotatable bonds is 19. The molecule has 8 rings (SSSR count). The second-order valence-electron chi connectivity index (χ2n) is 15.4. The molecule has 0 amide bonds. The molecule has 10 heteroatoms. The van der Waals surface area contributed by atoms with E-state index in [0.717, 1.165) is 59.7 Å². The summed E-state index contributed by atoms with van der Waals surface area (Å²) >= 11 is 3.41. The fourth-order valence-electron chi connectivity index (χ4n) is 8.18. The van der Waals surface area contributed by atoms with E-state index in [1.807, 2.05) is 119 Å². The molecule has 0 aliphatic carbocycles. The van der Waals surface area contributed by atoms with Crippen LogP contribution in [0, 0.1) is 0 Å². The lowest BCUT2D eigenvalue weighted by atomic mass is 9.96. The first kappa shape index (κ1) is 40.1. The van der Waals surface area contributed by atoms with Gasteiger partial charge in [0.2, 0.25) is 0 Å². The molecular formula is C48H54N4O4S2. The molecular weight excluding hydrogens is 761 g/mol. The molecule has 6 aromatic rings. The maximum atomic E-state index is 12.1. The first-order chi connectivity index (χ1) is 28.5. The van der Waals surface area contributed by atoms with Gasteiger partial charge >= 0.3 is 0 Å². The third-order valence-corrected chi connectivity index (χ3v) is 13.3. The first-order valence-electron chi connectivity index (χ1n) is 20.7. The lowest BCUT2D eigenvalue weighted by molar-refractivity contribution is 0.0431. The van der Waals surface area contributed by atoms with Crippen molar-refractivity contribution in [3.05, 3.63) is 165 Å². The van der Waals surface area contributed by atoms with Crippen LogP contribution < -0.4 is 30.3 Å². The van der Waals surface area contributed by atoms with Crippen molar-refractivity contribution in [1.29, 1.82) is 0 Å². The lowest BCUT2D eigenvalue weighted by Gasteiger charge is -2.34. The van der Waals surface area contributed by atoms with Crippen molar-refractivity contribution in [3.8, 4) is 11.5 Å². The van der Waals surface area contributed by atoms with Gasteiger partial charge < -0.3 is 19.7 Å². The molecule has 2 saturated heterocycles. The van der Waals surface area contributed by atoms with Crippen molar-refractivity contribution in [2.75, 3.05) is 23.2 Å². The number of anilines is 2. The van der Waals surface area contributed by atoms with E-state index in [9.17, 15) is 10.2 Å². The molecule has 4 heterocycles. The Hall–Kier alpha value is -4.68. The monoisotopic (exact) mass is 814 g/mol. The van der Waals surface area contributed by atoms with Gasteiger partial charge in [-0.2, -0.15) is 0 Å². The molecule has 0 bridgehead atoms. The maximum absolute atomic E-state index is 12.1. The zero-order chi connectivity index (χ0) is 39.6. The van der Waals surface area contributed by atoms with E-state index in [-0.39, 0.29) is 12.1 Å². The van der Waals surface area contributed by atoms with Gasteiger partial charge in [-0.05, 0) is 84.3 Å². The standard InChI is InChI=1S/C48H54N4O4S2/c53-47(35-43(45-21-15-33-57-45)49-51(47)39-17-9-7-10-18-39)37-23-27-41(28-24-37)55-31-13-5-3-1-2-4-6-14-32-56-42-29-25-38(26-30-42)48(54)36-44(46-22-16-34-58-46)50-52(48)40-19-11-8-12-20-40/h7-12,15-30,33-34,43-44,49-50,53-54H,1-6,13-14,31-32,35-36H2. The Morgan fingerprint density at radius 2 is 0.862 bits per heavy atom. The second kappa shape index (κ2) is 18.9. The molecule has 0 saturated carbocycles. The summed E-state index contributed by atoms with van der Waals surface area (Å²) in [5, 5.41) is 32.1. The van der Waals surface area contributed by atoms with Gasteiger partial charge in [-0.15, -0.1) is 22.7 Å². The Labute approximate surface area is 350 Å². The maximum Gasteiger partial charge on any atom is 0.179 e. The average Bonchev–Trinajstić information content (AvgIpc) is 4.10. The Morgan fingerprint density at radius 3 is 1.22 bits per heavy atom. The minimum absolute atomic E-state index is 0.0280. The highest BCUT2D eigenvalue weighted by Crippen LogP contribution is 2.46. The lowest BCUT2D eigenvalue weighted by Crippen LogP contribution is -2.46. The Bertz CT molecular complexity index is 1950. The molecule has 2 aromatic heterocycles. The average molecular weight is 815 g/mol. The number of hydrogen-bond acceptors (Lipinski definition) is 10. The topological polar surface area (TPSA) is 89.5 Å². The summed E-state index contributed by atoms with van der Waals surface area (Å²) < 4.78 is 12.2. The molecule has 4 N–H and O–H groups in total. The van der Waals surface area contributed by atoms with Gasteiger partial charge in [-0.1, -0.05) is 111 Å². The van der Waals surface area contributed by atoms with Gasteiger partial charge in [-0.25, -0.2) is 10.9 Å². The van der Waals surface area contributed by atoms with Crippen molar-refractivity contribution < 1.29 is 19.7 Å². The highest BCUT2D eigenvalue weighted by Gasteiger charge is 2.48. The summed E-state index contributed by atoms with van der Waals surface area (Å²) in [5.41, 5.74) is 8.28. The zero-order valence-corrected chi connectivity index (χ0v) is 34.6. The van der Waals surface area contributed by atoms with Crippen LogP contribution in [-0.2, 0) is 11.4 Å². The van der Waals surface area contributed by atoms with Gasteiger partial charge in [0, 0.05) is 33.7 Å². The van der Waals surface area contributed by atoms with Crippen molar-refractivity contribution in [3.63, 3.8) is 0 Å². The number of unbranched alkanes of at least 4 members (excludes halogenated alkanes) is 7. The van der Waals surface area contributed by atoms with Crippen LogP contribution in [0.4, 0.5) is 11.4 Å². The van der Waals surface area contributed by atoms with E-state index in [1.165, 1.54) is 35.4 Å². The molecule has 4 atom stereocenters. The largest absolute Gasteiger partial charge is 0.494 e. The first-order valence-corrected chi connectivity index (χ1v) is 22.5. The predicted octanol–water partition coefficient (Wildman–Crippen LogP) is 11.0. The van der Waals surface area contributed by atoms with E-state index >= 15 is 0 Å². The number of benzene rings is 4. The van der Waals surface area contributed by atoms with Gasteiger partial charge in [0.15, 0.2) is 11.4 Å². The third kappa shape index (κ3) is 9.28. The zero-order valence-electron chi connectivity index (χ0n) is 32.9.